The summed E-state index contributed by atoms with van der Waals surface area (Å²) in [5, 5.41) is 10.7. The number of hydrogen-bond acceptors (Lipinski definition) is 4. The van der Waals surface area contributed by atoms with Crippen LogP contribution < -0.4 is 11.1 Å². The Morgan fingerprint density at radius 2 is 2.16 bits per heavy atom. The Labute approximate surface area is 111 Å². The monoisotopic (exact) mass is 259 g/mol. The average Bonchev–Trinajstić information content (AvgIpc) is 2.93. The van der Waals surface area contributed by atoms with Gasteiger partial charge in [-0.15, -0.1) is 10.2 Å². The molecule has 0 bridgehead atoms. The van der Waals surface area contributed by atoms with Crippen LogP contribution in [-0.2, 0) is 11.3 Å². The predicted molar refractivity (Wildman–Crippen MR) is 71.4 cm³/mol. The summed E-state index contributed by atoms with van der Waals surface area (Å²) < 4.78 is 1.84. The molecule has 6 nitrogen and oxygen atoms in total. The zero-order valence-corrected chi connectivity index (χ0v) is 10.8. The van der Waals surface area contributed by atoms with Crippen molar-refractivity contribution in [1.29, 1.82) is 0 Å². The molecule has 1 aromatic carbocycles. The van der Waals surface area contributed by atoms with Crippen LogP contribution in [0.5, 0.6) is 0 Å². The Hall–Kier alpha value is -2.21. The number of nitrogens with one attached hydrogen (secondary N) is 1. The largest absolute Gasteiger partial charge is 0.349 e. The van der Waals surface area contributed by atoms with Crippen LogP contribution in [-0.4, -0.2) is 27.2 Å². The molecule has 3 N–H and O–H groups in total. The summed E-state index contributed by atoms with van der Waals surface area (Å²) >= 11 is 0. The van der Waals surface area contributed by atoms with E-state index in [1.54, 1.807) is 13.3 Å². The fourth-order valence-electron chi connectivity index (χ4n) is 1.63. The molecule has 1 atom stereocenters. The van der Waals surface area contributed by atoms with Crippen molar-refractivity contribution in [3.63, 3.8) is 0 Å². The molecule has 1 amide bonds. The van der Waals surface area contributed by atoms with Gasteiger partial charge in [-0.1, -0.05) is 25.1 Å². The van der Waals surface area contributed by atoms with E-state index in [0.29, 0.717) is 18.9 Å². The maximum atomic E-state index is 11.7. The lowest BCUT2D eigenvalue weighted by Gasteiger charge is -2.10. The van der Waals surface area contributed by atoms with Crippen LogP contribution >= 0.6 is 0 Å². The highest BCUT2D eigenvalue weighted by molar-refractivity contribution is 5.78. The number of para-hydroxylation sites is 1. The summed E-state index contributed by atoms with van der Waals surface area (Å²) in [4.78, 5) is 11.7. The summed E-state index contributed by atoms with van der Waals surface area (Å²) in [6.45, 7) is 2.45. The first kappa shape index (κ1) is 13.2. The van der Waals surface area contributed by atoms with Gasteiger partial charge in [0.2, 0.25) is 5.91 Å². The van der Waals surface area contributed by atoms with E-state index in [1.165, 1.54) is 0 Å². The van der Waals surface area contributed by atoms with Crippen LogP contribution in [0.2, 0.25) is 0 Å². The van der Waals surface area contributed by atoms with E-state index in [2.05, 4.69) is 15.5 Å². The molecule has 100 valence electrons. The van der Waals surface area contributed by atoms with Crippen molar-refractivity contribution < 1.29 is 4.79 Å². The van der Waals surface area contributed by atoms with Crippen LogP contribution in [0.25, 0.3) is 5.69 Å². The third-order valence-corrected chi connectivity index (χ3v) is 2.87. The van der Waals surface area contributed by atoms with Crippen molar-refractivity contribution >= 4 is 5.91 Å². The average molecular weight is 259 g/mol. The van der Waals surface area contributed by atoms with Gasteiger partial charge >= 0.3 is 0 Å². The van der Waals surface area contributed by atoms with Crippen molar-refractivity contribution in [1.82, 2.24) is 20.1 Å². The van der Waals surface area contributed by atoms with E-state index in [1.807, 2.05) is 34.9 Å². The summed E-state index contributed by atoms with van der Waals surface area (Å²) in [6, 6.07) is 9.73. The molecule has 1 heterocycles. The minimum Gasteiger partial charge on any atom is -0.349 e. The first-order valence-electron chi connectivity index (χ1n) is 6.14. The van der Waals surface area contributed by atoms with Crippen molar-refractivity contribution in [3.05, 3.63) is 42.5 Å². The molecule has 2 aromatic rings. The predicted octanol–water partition coefficient (Wildman–Crippen LogP) is 0.478. The van der Waals surface area contributed by atoms with Gasteiger partial charge in [-0.2, -0.15) is 0 Å². The summed E-state index contributed by atoms with van der Waals surface area (Å²) in [7, 11) is 0. The first-order valence-corrected chi connectivity index (χ1v) is 6.14. The van der Waals surface area contributed by atoms with Gasteiger partial charge in [0.1, 0.15) is 6.33 Å². The lowest BCUT2D eigenvalue weighted by molar-refractivity contribution is -0.124. The molecule has 0 aliphatic carbocycles. The Kier molecular flexibility index (Phi) is 4.25. The number of amides is 1. The SMILES string of the molecule is CC(CN)C(=O)NCc1nncn1-c1ccccc1. The fourth-order valence-corrected chi connectivity index (χ4v) is 1.63. The number of carbonyl (C=O) groups is 1. The molecule has 0 radical (unpaired) electrons. The van der Waals surface area contributed by atoms with Gasteiger partial charge in [0.05, 0.1) is 6.54 Å². The second-order valence-electron chi connectivity index (χ2n) is 4.31. The minimum atomic E-state index is -0.201. The Balaban J connectivity index is 2.07. The number of rotatable bonds is 5. The second-order valence-corrected chi connectivity index (χ2v) is 4.31. The molecule has 0 saturated carbocycles. The second kappa shape index (κ2) is 6.10. The molecule has 2 rings (SSSR count). The standard InChI is InChI=1S/C13H17N5O/c1-10(7-14)13(19)15-8-12-17-16-9-18(12)11-5-3-2-4-6-11/h2-6,9-10H,7-8,14H2,1H3,(H,15,19). The van der Waals surface area contributed by atoms with Gasteiger partial charge in [-0.3, -0.25) is 9.36 Å². The maximum Gasteiger partial charge on any atom is 0.224 e. The van der Waals surface area contributed by atoms with Crippen LogP contribution in [0.3, 0.4) is 0 Å². The molecule has 1 aromatic heterocycles. The highest BCUT2D eigenvalue weighted by Gasteiger charge is 2.12. The van der Waals surface area contributed by atoms with Gasteiger partial charge in [0, 0.05) is 18.2 Å². The van der Waals surface area contributed by atoms with Gasteiger partial charge in [0.15, 0.2) is 5.82 Å². The van der Waals surface area contributed by atoms with E-state index in [-0.39, 0.29) is 11.8 Å². The molecule has 0 saturated heterocycles. The fraction of sp³-hybridized carbons (Fsp3) is 0.308. The molecule has 0 fully saturated rings. The van der Waals surface area contributed by atoms with Crippen LogP contribution in [0.1, 0.15) is 12.7 Å². The van der Waals surface area contributed by atoms with Gasteiger partial charge in [-0.05, 0) is 12.1 Å². The van der Waals surface area contributed by atoms with Crippen LogP contribution in [0.4, 0.5) is 0 Å². The zero-order valence-electron chi connectivity index (χ0n) is 10.8. The Bertz CT molecular complexity index is 537. The van der Waals surface area contributed by atoms with E-state index < -0.39 is 0 Å². The van der Waals surface area contributed by atoms with Gasteiger partial charge < -0.3 is 11.1 Å². The van der Waals surface area contributed by atoms with Gasteiger partial charge in [0.25, 0.3) is 0 Å². The summed E-state index contributed by atoms with van der Waals surface area (Å²) in [5.74, 6) is 0.405. The smallest absolute Gasteiger partial charge is 0.224 e. The number of nitrogens with zero attached hydrogens (tertiary/aromatic N) is 3. The molecule has 0 aliphatic heterocycles. The topological polar surface area (TPSA) is 85.8 Å². The third-order valence-electron chi connectivity index (χ3n) is 2.87. The molecular formula is C13H17N5O. The quantitative estimate of drug-likeness (QED) is 0.817. The lowest BCUT2D eigenvalue weighted by Crippen LogP contribution is -2.33. The maximum absolute atomic E-state index is 11.7. The molecule has 0 aliphatic rings. The Morgan fingerprint density at radius 3 is 2.84 bits per heavy atom. The van der Waals surface area contributed by atoms with E-state index in [9.17, 15) is 4.79 Å². The molecule has 19 heavy (non-hydrogen) atoms. The van der Waals surface area contributed by atoms with Crippen LogP contribution in [0.15, 0.2) is 36.7 Å². The number of benzene rings is 1. The zero-order chi connectivity index (χ0) is 13.7. The number of carbonyl (C=O) groups excluding carboxylic acids is 1. The van der Waals surface area contributed by atoms with Crippen LogP contribution in [0, 0.1) is 5.92 Å². The highest BCUT2D eigenvalue weighted by Crippen LogP contribution is 2.08. The van der Waals surface area contributed by atoms with Crippen molar-refractivity contribution in [3.8, 4) is 5.69 Å². The number of hydrogen-bond donors (Lipinski definition) is 2. The van der Waals surface area contributed by atoms with Crippen molar-refractivity contribution in [2.45, 2.75) is 13.5 Å². The van der Waals surface area contributed by atoms with E-state index in [0.717, 1.165) is 5.69 Å². The van der Waals surface area contributed by atoms with Crippen molar-refractivity contribution in [2.75, 3.05) is 6.54 Å². The molecule has 0 spiro atoms. The van der Waals surface area contributed by atoms with Crippen molar-refractivity contribution in [2.24, 2.45) is 11.7 Å². The molecular weight excluding hydrogens is 242 g/mol. The number of aromatic nitrogens is 3. The summed E-state index contributed by atoms with van der Waals surface area (Å²) in [6.07, 6.45) is 1.63. The van der Waals surface area contributed by atoms with E-state index >= 15 is 0 Å². The first-order chi connectivity index (χ1) is 9.22. The minimum absolute atomic E-state index is 0.0786. The third kappa shape index (κ3) is 3.17. The summed E-state index contributed by atoms with van der Waals surface area (Å²) in [5.41, 5.74) is 6.41. The molecule has 1 unspecified atom stereocenters. The molecule has 6 heteroatoms. The Morgan fingerprint density at radius 1 is 1.42 bits per heavy atom. The van der Waals surface area contributed by atoms with E-state index in [4.69, 9.17) is 5.73 Å². The van der Waals surface area contributed by atoms with Gasteiger partial charge in [-0.25, -0.2) is 0 Å². The highest BCUT2D eigenvalue weighted by atomic mass is 16.1. The normalized spacial score (nSPS) is 12.1. The lowest BCUT2D eigenvalue weighted by atomic mass is 10.2. The number of nitrogens with two attached hydrogens (primary N) is 1.